The van der Waals surface area contributed by atoms with Gasteiger partial charge in [0, 0.05) is 10.0 Å². The van der Waals surface area contributed by atoms with Crippen molar-refractivity contribution in [2.75, 3.05) is 0 Å². The number of hydrogen-bond acceptors (Lipinski definition) is 1. The standard InChI is InChI=1S/C12H11BrO/c1-8(14)12-10-5-3-2-4-9(10)6-7-11(12)13/h2-8,14H,1H3. The van der Waals surface area contributed by atoms with Crippen molar-refractivity contribution >= 4 is 26.7 Å². The van der Waals surface area contributed by atoms with Gasteiger partial charge in [0.05, 0.1) is 6.10 Å². The molecule has 2 rings (SSSR count). The number of aliphatic hydroxyl groups is 1. The monoisotopic (exact) mass is 250 g/mol. The Morgan fingerprint density at radius 2 is 1.86 bits per heavy atom. The van der Waals surface area contributed by atoms with E-state index in [1.165, 1.54) is 0 Å². The molecule has 0 aliphatic rings. The van der Waals surface area contributed by atoms with Gasteiger partial charge in [-0.3, -0.25) is 0 Å². The van der Waals surface area contributed by atoms with Crippen LogP contribution in [0.5, 0.6) is 0 Å². The van der Waals surface area contributed by atoms with Gasteiger partial charge < -0.3 is 5.11 Å². The second-order valence-corrected chi connectivity index (χ2v) is 4.21. The van der Waals surface area contributed by atoms with Gasteiger partial charge in [0.15, 0.2) is 0 Å². The predicted octanol–water partition coefficient (Wildman–Crippen LogP) is 3.66. The van der Waals surface area contributed by atoms with Crippen LogP contribution in [0.2, 0.25) is 0 Å². The summed E-state index contributed by atoms with van der Waals surface area (Å²) in [4.78, 5) is 0. The lowest BCUT2D eigenvalue weighted by Crippen LogP contribution is -1.94. The summed E-state index contributed by atoms with van der Waals surface area (Å²) in [6.45, 7) is 1.78. The molecule has 0 spiro atoms. The summed E-state index contributed by atoms with van der Waals surface area (Å²) in [6.07, 6.45) is -0.449. The van der Waals surface area contributed by atoms with Crippen molar-refractivity contribution in [1.82, 2.24) is 0 Å². The van der Waals surface area contributed by atoms with E-state index in [9.17, 15) is 5.11 Å². The number of halogens is 1. The zero-order valence-corrected chi connectivity index (χ0v) is 9.45. The highest BCUT2D eigenvalue weighted by Crippen LogP contribution is 2.31. The fraction of sp³-hybridized carbons (Fsp3) is 0.167. The lowest BCUT2D eigenvalue weighted by molar-refractivity contribution is 0.200. The summed E-state index contributed by atoms with van der Waals surface area (Å²) in [5, 5.41) is 11.9. The molecule has 1 unspecified atom stereocenters. The molecule has 72 valence electrons. The zero-order valence-electron chi connectivity index (χ0n) is 7.87. The Balaban J connectivity index is 2.83. The number of aliphatic hydroxyl groups excluding tert-OH is 1. The first-order valence-electron chi connectivity index (χ1n) is 4.55. The molecule has 0 heterocycles. The second-order valence-electron chi connectivity index (χ2n) is 3.36. The van der Waals surface area contributed by atoms with Gasteiger partial charge in [-0.05, 0) is 23.8 Å². The zero-order chi connectivity index (χ0) is 10.1. The van der Waals surface area contributed by atoms with E-state index in [0.29, 0.717) is 0 Å². The lowest BCUT2D eigenvalue weighted by atomic mass is 10.0. The Hall–Kier alpha value is -0.860. The van der Waals surface area contributed by atoms with E-state index in [-0.39, 0.29) is 0 Å². The van der Waals surface area contributed by atoms with Crippen molar-refractivity contribution in [3.05, 3.63) is 46.4 Å². The van der Waals surface area contributed by atoms with Crippen LogP contribution in [0.1, 0.15) is 18.6 Å². The average molecular weight is 251 g/mol. The van der Waals surface area contributed by atoms with Crippen LogP contribution in [0.3, 0.4) is 0 Å². The van der Waals surface area contributed by atoms with Gasteiger partial charge in [0.25, 0.3) is 0 Å². The van der Waals surface area contributed by atoms with Gasteiger partial charge in [-0.1, -0.05) is 46.3 Å². The smallest absolute Gasteiger partial charge is 0.0778 e. The second kappa shape index (κ2) is 3.71. The molecule has 2 heteroatoms. The van der Waals surface area contributed by atoms with Crippen molar-refractivity contribution in [3.8, 4) is 0 Å². The Morgan fingerprint density at radius 1 is 1.14 bits per heavy atom. The van der Waals surface area contributed by atoms with Crippen LogP contribution in [-0.2, 0) is 0 Å². The maximum atomic E-state index is 9.67. The molecule has 0 saturated heterocycles. The van der Waals surface area contributed by atoms with Gasteiger partial charge in [0.1, 0.15) is 0 Å². The molecule has 0 aliphatic carbocycles. The first kappa shape index (κ1) is 9.69. The van der Waals surface area contributed by atoms with Crippen LogP contribution >= 0.6 is 15.9 Å². The minimum atomic E-state index is -0.449. The topological polar surface area (TPSA) is 20.2 Å². The molecule has 14 heavy (non-hydrogen) atoms. The van der Waals surface area contributed by atoms with E-state index in [1.54, 1.807) is 6.92 Å². The van der Waals surface area contributed by atoms with Crippen molar-refractivity contribution < 1.29 is 5.11 Å². The van der Waals surface area contributed by atoms with Crippen LogP contribution in [0.15, 0.2) is 40.9 Å². The summed E-state index contributed by atoms with van der Waals surface area (Å²) in [7, 11) is 0. The van der Waals surface area contributed by atoms with Crippen molar-refractivity contribution in [2.45, 2.75) is 13.0 Å². The molecule has 0 aliphatic heterocycles. The predicted molar refractivity (Wildman–Crippen MR) is 62.3 cm³/mol. The van der Waals surface area contributed by atoms with Gasteiger partial charge in [0.2, 0.25) is 0 Å². The quantitative estimate of drug-likeness (QED) is 0.820. The molecule has 0 fully saturated rings. The fourth-order valence-electron chi connectivity index (χ4n) is 1.69. The minimum absolute atomic E-state index is 0.449. The van der Waals surface area contributed by atoms with Gasteiger partial charge in [-0.25, -0.2) is 0 Å². The van der Waals surface area contributed by atoms with Crippen LogP contribution in [-0.4, -0.2) is 5.11 Å². The largest absolute Gasteiger partial charge is 0.389 e. The van der Waals surface area contributed by atoms with Gasteiger partial charge in [-0.15, -0.1) is 0 Å². The molecule has 2 aromatic carbocycles. The van der Waals surface area contributed by atoms with E-state index in [0.717, 1.165) is 20.8 Å². The van der Waals surface area contributed by atoms with Crippen molar-refractivity contribution in [3.63, 3.8) is 0 Å². The van der Waals surface area contributed by atoms with Gasteiger partial charge in [-0.2, -0.15) is 0 Å². The molecule has 0 radical (unpaired) electrons. The van der Waals surface area contributed by atoms with Crippen molar-refractivity contribution in [1.29, 1.82) is 0 Å². The van der Waals surface area contributed by atoms with Crippen molar-refractivity contribution in [2.24, 2.45) is 0 Å². The van der Waals surface area contributed by atoms with Crippen LogP contribution in [0, 0.1) is 0 Å². The first-order chi connectivity index (χ1) is 6.70. The minimum Gasteiger partial charge on any atom is -0.389 e. The van der Waals surface area contributed by atoms with E-state index >= 15 is 0 Å². The number of rotatable bonds is 1. The highest BCUT2D eigenvalue weighted by Gasteiger charge is 2.09. The summed E-state index contributed by atoms with van der Waals surface area (Å²) in [6, 6.07) is 12.1. The fourth-order valence-corrected chi connectivity index (χ4v) is 2.37. The summed E-state index contributed by atoms with van der Waals surface area (Å²) < 4.78 is 0.964. The molecule has 1 atom stereocenters. The first-order valence-corrected chi connectivity index (χ1v) is 5.34. The van der Waals surface area contributed by atoms with Crippen LogP contribution < -0.4 is 0 Å². The number of fused-ring (bicyclic) bond motifs is 1. The van der Waals surface area contributed by atoms with E-state index in [4.69, 9.17) is 0 Å². The maximum Gasteiger partial charge on any atom is 0.0778 e. The van der Waals surface area contributed by atoms with Gasteiger partial charge >= 0.3 is 0 Å². The highest BCUT2D eigenvalue weighted by atomic mass is 79.9. The molecule has 0 aromatic heterocycles. The molecule has 0 bridgehead atoms. The SMILES string of the molecule is CC(O)c1c(Br)ccc2ccccc12. The maximum absolute atomic E-state index is 9.67. The number of hydrogen-bond donors (Lipinski definition) is 1. The Labute approximate surface area is 91.5 Å². The Bertz CT molecular complexity index is 463. The summed E-state index contributed by atoms with van der Waals surface area (Å²) in [5.74, 6) is 0. The molecule has 1 N–H and O–H groups in total. The third-order valence-electron chi connectivity index (χ3n) is 2.34. The highest BCUT2D eigenvalue weighted by molar-refractivity contribution is 9.10. The lowest BCUT2D eigenvalue weighted by Gasteiger charge is -2.11. The normalized spacial score (nSPS) is 13.1. The Kier molecular flexibility index (Phi) is 2.57. The van der Waals surface area contributed by atoms with Crippen LogP contribution in [0.4, 0.5) is 0 Å². The summed E-state index contributed by atoms with van der Waals surface area (Å²) in [5.41, 5.74) is 0.961. The third-order valence-corrected chi connectivity index (χ3v) is 3.03. The molecule has 0 amide bonds. The molecular weight excluding hydrogens is 240 g/mol. The third kappa shape index (κ3) is 1.56. The summed E-state index contributed by atoms with van der Waals surface area (Å²) >= 11 is 3.46. The molecule has 0 saturated carbocycles. The molecule has 2 aromatic rings. The van der Waals surface area contributed by atoms with E-state index < -0.39 is 6.10 Å². The molecular formula is C12H11BrO. The van der Waals surface area contributed by atoms with Crippen LogP contribution in [0.25, 0.3) is 10.8 Å². The Morgan fingerprint density at radius 3 is 2.57 bits per heavy atom. The molecule has 1 nitrogen and oxygen atoms in total. The van der Waals surface area contributed by atoms with E-state index in [1.807, 2.05) is 36.4 Å². The number of benzene rings is 2. The average Bonchev–Trinajstić information content (AvgIpc) is 2.17. The van der Waals surface area contributed by atoms with E-state index in [2.05, 4.69) is 15.9 Å².